The predicted octanol–water partition coefficient (Wildman–Crippen LogP) is 3.93. The summed E-state index contributed by atoms with van der Waals surface area (Å²) in [6.45, 7) is 3.85. The second-order valence-electron chi connectivity index (χ2n) is 4.70. The molecule has 2 aromatic rings. The molecular formula is C15H16Cl2N2O. The highest BCUT2D eigenvalue weighted by Gasteiger charge is 2.16. The zero-order chi connectivity index (χ0) is 14.7. The largest absolute Gasteiger partial charge is 0.388 e. The summed E-state index contributed by atoms with van der Waals surface area (Å²) in [7, 11) is 0. The second kappa shape index (κ2) is 6.53. The van der Waals surface area contributed by atoms with Crippen LogP contribution in [0.15, 0.2) is 24.3 Å². The van der Waals surface area contributed by atoms with Crippen LogP contribution in [0.25, 0.3) is 0 Å². The molecule has 0 spiro atoms. The van der Waals surface area contributed by atoms with E-state index in [-0.39, 0.29) is 0 Å². The minimum Gasteiger partial charge on any atom is -0.388 e. The molecule has 0 saturated heterocycles. The standard InChI is InChI=1S/C15H16Cl2N2O/c1-3-14-12(6-9(2)18-19-14)15(20)7-10-4-5-11(16)8-13(10)17/h4-6,8,15,20H,3,7H2,1-2H3. The maximum atomic E-state index is 10.4. The van der Waals surface area contributed by atoms with Crippen molar-refractivity contribution >= 4 is 23.2 Å². The number of aryl methyl sites for hydroxylation is 2. The maximum absolute atomic E-state index is 10.4. The number of rotatable bonds is 4. The van der Waals surface area contributed by atoms with Crippen molar-refractivity contribution in [1.82, 2.24) is 10.2 Å². The number of nitrogens with zero attached hydrogens (tertiary/aromatic N) is 2. The van der Waals surface area contributed by atoms with Crippen molar-refractivity contribution < 1.29 is 5.11 Å². The molecule has 2 rings (SSSR count). The lowest BCUT2D eigenvalue weighted by atomic mass is 9.99. The number of aromatic nitrogens is 2. The number of hydrogen-bond acceptors (Lipinski definition) is 3. The van der Waals surface area contributed by atoms with Gasteiger partial charge in [0.15, 0.2) is 0 Å². The molecule has 1 aromatic carbocycles. The summed E-state index contributed by atoms with van der Waals surface area (Å²) in [6.07, 6.45) is 0.500. The highest BCUT2D eigenvalue weighted by molar-refractivity contribution is 6.35. The van der Waals surface area contributed by atoms with Crippen molar-refractivity contribution in [2.24, 2.45) is 0 Å². The average molecular weight is 311 g/mol. The van der Waals surface area contributed by atoms with Crippen LogP contribution in [0, 0.1) is 6.92 Å². The van der Waals surface area contributed by atoms with Gasteiger partial charge in [0.2, 0.25) is 0 Å². The zero-order valence-corrected chi connectivity index (χ0v) is 12.9. The molecule has 5 heteroatoms. The van der Waals surface area contributed by atoms with Gasteiger partial charge in [-0.05, 0) is 37.1 Å². The van der Waals surface area contributed by atoms with E-state index in [1.54, 1.807) is 12.1 Å². The third-order valence-corrected chi connectivity index (χ3v) is 3.74. The Hall–Kier alpha value is -1.16. The summed E-state index contributed by atoms with van der Waals surface area (Å²) < 4.78 is 0. The Morgan fingerprint density at radius 1 is 1.20 bits per heavy atom. The zero-order valence-electron chi connectivity index (χ0n) is 11.4. The Morgan fingerprint density at radius 2 is 1.95 bits per heavy atom. The Bertz CT molecular complexity index is 617. The van der Waals surface area contributed by atoms with Crippen molar-refractivity contribution in [3.05, 3.63) is 56.8 Å². The topological polar surface area (TPSA) is 46.0 Å². The molecule has 3 nitrogen and oxygen atoms in total. The maximum Gasteiger partial charge on any atom is 0.0849 e. The monoisotopic (exact) mass is 310 g/mol. The molecule has 0 aliphatic carbocycles. The lowest BCUT2D eigenvalue weighted by Crippen LogP contribution is -2.09. The van der Waals surface area contributed by atoms with Crippen LogP contribution in [0.1, 0.15) is 35.5 Å². The first-order chi connectivity index (χ1) is 9.51. The number of benzene rings is 1. The summed E-state index contributed by atoms with van der Waals surface area (Å²) in [4.78, 5) is 0. The lowest BCUT2D eigenvalue weighted by Gasteiger charge is -2.15. The molecular weight excluding hydrogens is 295 g/mol. The van der Waals surface area contributed by atoms with Gasteiger partial charge in [-0.3, -0.25) is 0 Å². The van der Waals surface area contributed by atoms with E-state index in [0.29, 0.717) is 16.5 Å². The quantitative estimate of drug-likeness (QED) is 0.930. The third-order valence-electron chi connectivity index (χ3n) is 3.15. The van der Waals surface area contributed by atoms with Crippen molar-refractivity contribution in [3.8, 4) is 0 Å². The SMILES string of the molecule is CCc1nnc(C)cc1C(O)Cc1ccc(Cl)cc1Cl. The molecule has 1 N–H and O–H groups in total. The fraction of sp³-hybridized carbons (Fsp3) is 0.333. The van der Waals surface area contributed by atoms with Gasteiger partial charge in [0.05, 0.1) is 17.5 Å². The molecule has 0 aliphatic heterocycles. The van der Waals surface area contributed by atoms with E-state index >= 15 is 0 Å². The number of halogens is 2. The van der Waals surface area contributed by atoms with Crippen LogP contribution in [0.5, 0.6) is 0 Å². The first kappa shape index (κ1) is 15.2. The summed E-state index contributed by atoms with van der Waals surface area (Å²) in [5, 5.41) is 19.8. The first-order valence-corrected chi connectivity index (χ1v) is 7.22. The number of hydrogen-bond donors (Lipinski definition) is 1. The van der Waals surface area contributed by atoms with E-state index in [1.807, 2.05) is 26.0 Å². The normalized spacial score (nSPS) is 12.4. The smallest absolute Gasteiger partial charge is 0.0849 e. The molecule has 0 aliphatic rings. The van der Waals surface area contributed by atoms with E-state index < -0.39 is 6.10 Å². The molecule has 0 saturated carbocycles. The van der Waals surface area contributed by atoms with Gasteiger partial charge in [0.1, 0.15) is 0 Å². The Morgan fingerprint density at radius 3 is 2.60 bits per heavy atom. The van der Waals surface area contributed by atoms with Gasteiger partial charge in [-0.25, -0.2) is 0 Å². The second-order valence-corrected chi connectivity index (χ2v) is 5.54. The van der Waals surface area contributed by atoms with E-state index in [2.05, 4.69) is 10.2 Å². The van der Waals surface area contributed by atoms with Crippen LogP contribution < -0.4 is 0 Å². The highest BCUT2D eigenvalue weighted by atomic mass is 35.5. The minimum absolute atomic E-state index is 0.425. The molecule has 106 valence electrons. The lowest BCUT2D eigenvalue weighted by molar-refractivity contribution is 0.176. The Kier molecular flexibility index (Phi) is 4.97. The Balaban J connectivity index is 2.27. The van der Waals surface area contributed by atoms with Gasteiger partial charge in [-0.1, -0.05) is 36.2 Å². The van der Waals surface area contributed by atoms with Gasteiger partial charge in [0, 0.05) is 22.0 Å². The fourth-order valence-corrected chi connectivity index (χ4v) is 2.59. The van der Waals surface area contributed by atoms with Crippen molar-refractivity contribution in [2.75, 3.05) is 0 Å². The van der Waals surface area contributed by atoms with Gasteiger partial charge >= 0.3 is 0 Å². The molecule has 1 atom stereocenters. The molecule has 0 fully saturated rings. The highest BCUT2D eigenvalue weighted by Crippen LogP contribution is 2.27. The third kappa shape index (κ3) is 3.48. The van der Waals surface area contributed by atoms with E-state index in [9.17, 15) is 5.11 Å². The van der Waals surface area contributed by atoms with Crippen molar-refractivity contribution in [1.29, 1.82) is 0 Å². The van der Waals surface area contributed by atoms with Crippen LogP contribution in [-0.2, 0) is 12.8 Å². The van der Waals surface area contributed by atoms with Crippen LogP contribution in [0.2, 0.25) is 10.0 Å². The molecule has 1 unspecified atom stereocenters. The molecule has 20 heavy (non-hydrogen) atoms. The van der Waals surface area contributed by atoms with Gasteiger partial charge in [0.25, 0.3) is 0 Å². The predicted molar refractivity (Wildman–Crippen MR) is 81.3 cm³/mol. The van der Waals surface area contributed by atoms with Crippen LogP contribution in [-0.4, -0.2) is 15.3 Å². The van der Waals surface area contributed by atoms with Crippen LogP contribution >= 0.6 is 23.2 Å². The molecule has 0 amide bonds. The van der Waals surface area contributed by atoms with E-state index in [0.717, 1.165) is 28.9 Å². The number of aliphatic hydroxyl groups is 1. The van der Waals surface area contributed by atoms with E-state index in [4.69, 9.17) is 23.2 Å². The van der Waals surface area contributed by atoms with Gasteiger partial charge < -0.3 is 5.11 Å². The number of aliphatic hydroxyl groups excluding tert-OH is 1. The molecule has 1 aromatic heterocycles. The first-order valence-electron chi connectivity index (χ1n) is 6.46. The van der Waals surface area contributed by atoms with Crippen molar-refractivity contribution in [3.63, 3.8) is 0 Å². The summed E-state index contributed by atoms with van der Waals surface area (Å²) >= 11 is 12.0. The molecule has 0 bridgehead atoms. The molecule has 1 heterocycles. The van der Waals surface area contributed by atoms with Crippen LogP contribution in [0.4, 0.5) is 0 Å². The average Bonchev–Trinajstić information content (AvgIpc) is 2.41. The molecule has 0 radical (unpaired) electrons. The van der Waals surface area contributed by atoms with Crippen molar-refractivity contribution in [2.45, 2.75) is 32.8 Å². The summed E-state index contributed by atoms with van der Waals surface area (Å²) in [6, 6.07) is 7.16. The van der Waals surface area contributed by atoms with E-state index in [1.165, 1.54) is 0 Å². The minimum atomic E-state index is -0.655. The van der Waals surface area contributed by atoms with Crippen LogP contribution in [0.3, 0.4) is 0 Å². The summed E-state index contributed by atoms with van der Waals surface area (Å²) in [5.74, 6) is 0. The van der Waals surface area contributed by atoms with Gasteiger partial charge in [-0.15, -0.1) is 0 Å². The fourth-order valence-electron chi connectivity index (χ4n) is 2.10. The van der Waals surface area contributed by atoms with Gasteiger partial charge in [-0.2, -0.15) is 10.2 Å². The Labute approximate surface area is 128 Å². The summed E-state index contributed by atoms with van der Waals surface area (Å²) in [5.41, 5.74) is 3.28.